The van der Waals surface area contributed by atoms with Gasteiger partial charge in [0.05, 0.1) is 7.11 Å². The molecule has 0 radical (unpaired) electrons. The molecule has 1 aliphatic rings. The molecule has 0 unspecified atom stereocenters. The Kier molecular flexibility index (Phi) is 4.55. The Morgan fingerprint density at radius 2 is 2.00 bits per heavy atom. The van der Waals surface area contributed by atoms with E-state index in [1.54, 1.807) is 7.11 Å². The molecule has 1 aromatic heterocycles. The molecular weight excluding hydrogens is 226 g/mol. The summed E-state index contributed by atoms with van der Waals surface area (Å²) < 4.78 is 5.15. The minimum Gasteiger partial charge on any atom is -0.481 e. The summed E-state index contributed by atoms with van der Waals surface area (Å²) in [4.78, 5) is 9.16. The van der Waals surface area contributed by atoms with Crippen LogP contribution >= 0.6 is 0 Å². The van der Waals surface area contributed by atoms with Crippen molar-refractivity contribution < 1.29 is 4.74 Å². The van der Waals surface area contributed by atoms with E-state index in [1.165, 1.54) is 18.7 Å². The third-order valence-electron chi connectivity index (χ3n) is 3.55. The van der Waals surface area contributed by atoms with Crippen molar-refractivity contribution in [2.45, 2.75) is 26.4 Å². The molecule has 100 valence electrons. The highest BCUT2D eigenvalue weighted by molar-refractivity contribution is 5.20. The van der Waals surface area contributed by atoms with Gasteiger partial charge < -0.3 is 4.74 Å². The van der Waals surface area contributed by atoms with Crippen molar-refractivity contribution in [1.29, 1.82) is 0 Å². The van der Waals surface area contributed by atoms with E-state index >= 15 is 0 Å². The molecule has 0 spiro atoms. The number of aromatic nitrogens is 1. The number of nitrogens with zero attached hydrogens (tertiary/aromatic N) is 3. The van der Waals surface area contributed by atoms with E-state index in [0.717, 1.165) is 19.6 Å². The van der Waals surface area contributed by atoms with Crippen LogP contribution in [0.15, 0.2) is 18.3 Å². The van der Waals surface area contributed by atoms with Crippen molar-refractivity contribution in [1.82, 2.24) is 14.8 Å². The molecule has 0 N–H and O–H groups in total. The van der Waals surface area contributed by atoms with Crippen LogP contribution in [0.25, 0.3) is 0 Å². The van der Waals surface area contributed by atoms with E-state index in [0.29, 0.717) is 11.9 Å². The third-order valence-corrected chi connectivity index (χ3v) is 3.55. The number of piperazine rings is 1. The van der Waals surface area contributed by atoms with E-state index in [1.807, 2.05) is 12.3 Å². The van der Waals surface area contributed by atoms with Crippen molar-refractivity contribution >= 4 is 0 Å². The molecule has 0 aromatic carbocycles. The first-order valence-corrected chi connectivity index (χ1v) is 6.64. The van der Waals surface area contributed by atoms with Gasteiger partial charge in [-0.25, -0.2) is 4.98 Å². The highest BCUT2D eigenvalue weighted by atomic mass is 16.5. The van der Waals surface area contributed by atoms with Gasteiger partial charge >= 0.3 is 0 Å². The lowest BCUT2D eigenvalue weighted by atomic mass is 10.2. The molecule has 2 rings (SSSR count). The first kappa shape index (κ1) is 13.3. The van der Waals surface area contributed by atoms with Gasteiger partial charge in [0.2, 0.25) is 5.88 Å². The van der Waals surface area contributed by atoms with E-state index in [9.17, 15) is 0 Å². The van der Waals surface area contributed by atoms with Gasteiger partial charge in [-0.3, -0.25) is 9.80 Å². The molecule has 4 heteroatoms. The molecule has 4 nitrogen and oxygen atoms in total. The summed E-state index contributed by atoms with van der Waals surface area (Å²) in [5, 5.41) is 0. The second kappa shape index (κ2) is 6.16. The molecule has 1 aliphatic heterocycles. The maximum Gasteiger partial charge on any atom is 0.213 e. The minimum absolute atomic E-state index is 0.660. The van der Waals surface area contributed by atoms with Crippen LogP contribution in [0.2, 0.25) is 0 Å². The van der Waals surface area contributed by atoms with Gasteiger partial charge in [0.1, 0.15) is 0 Å². The molecular formula is C14H23N3O. The Labute approximate surface area is 110 Å². The fourth-order valence-corrected chi connectivity index (χ4v) is 2.36. The van der Waals surface area contributed by atoms with Crippen LogP contribution in [0.3, 0.4) is 0 Å². The van der Waals surface area contributed by atoms with Crippen LogP contribution in [0.4, 0.5) is 0 Å². The first-order valence-electron chi connectivity index (χ1n) is 6.64. The van der Waals surface area contributed by atoms with E-state index in [4.69, 9.17) is 4.74 Å². The molecule has 1 fully saturated rings. The fourth-order valence-electron chi connectivity index (χ4n) is 2.36. The number of methoxy groups -OCH3 is 1. The summed E-state index contributed by atoms with van der Waals surface area (Å²) in [7, 11) is 1.66. The quantitative estimate of drug-likeness (QED) is 0.810. The second-order valence-electron chi connectivity index (χ2n) is 5.11. The Balaban J connectivity index is 1.87. The summed E-state index contributed by atoms with van der Waals surface area (Å²) in [6.45, 7) is 10.1. The lowest BCUT2D eigenvalue weighted by Crippen LogP contribution is -2.48. The standard InChI is InChI=1S/C14H23N3O/c1-12(2)17-8-6-16(7-9-17)11-13-4-5-15-14(10-13)18-3/h4-5,10,12H,6-9,11H2,1-3H3. The maximum atomic E-state index is 5.15. The summed E-state index contributed by atoms with van der Waals surface area (Å²) in [5.74, 6) is 0.702. The molecule has 0 aliphatic carbocycles. The number of rotatable bonds is 4. The number of hydrogen-bond acceptors (Lipinski definition) is 4. The smallest absolute Gasteiger partial charge is 0.213 e. The Morgan fingerprint density at radius 3 is 2.61 bits per heavy atom. The highest BCUT2D eigenvalue weighted by Crippen LogP contribution is 2.13. The van der Waals surface area contributed by atoms with Gasteiger partial charge in [0.25, 0.3) is 0 Å². The summed E-state index contributed by atoms with van der Waals surface area (Å²) >= 11 is 0. The fraction of sp³-hybridized carbons (Fsp3) is 0.643. The van der Waals surface area contributed by atoms with Crippen molar-refractivity contribution in [3.63, 3.8) is 0 Å². The van der Waals surface area contributed by atoms with Crippen molar-refractivity contribution in [3.8, 4) is 5.88 Å². The molecule has 2 heterocycles. The second-order valence-corrected chi connectivity index (χ2v) is 5.11. The van der Waals surface area contributed by atoms with Crippen molar-refractivity contribution in [2.24, 2.45) is 0 Å². The predicted molar refractivity (Wildman–Crippen MR) is 72.8 cm³/mol. The van der Waals surface area contributed by atoms with Crippen LogP contribution in [0.5, 0.6) is 5.88 Å². The number of pyridine rings is 1. The summed E-state index contributed by atoms with van der Waals surface area (Å²) in [6, 6.07) is 4.75. The first-order chi connectivity index (χ1) is 8.69. The molecule has 1 aromatic rings. The van der Waals surface area contributed by atoms with Gasteiger partial charge in [-0.2, -0.15) is 0 Å². The average molecular weight is 249 g/mol. The summed E-state index contributed by atoms with van der Waals surface area (Å²) in [6.07, 6.45) is 1.82. The minimum atomic E-state index is 0.660. The van der Waals surface area contributed by atoms with E-state index < -0.39 is 0 Å². The van der Waals surface area contributed by atoms with Crippen molar-refractivity contribution in [3.05, 3.63) is 23.9 Å². The molecule has 0 saturated carbocycles. The van der Waals surface area contributed by atoms with Crippen LogP contribution in [0, 0.1) is 0 Å². The third kappa shape index (κ3) is 3.43. The normalized spacial score (nSPS) is 18.2. The molecule has 1 saturated heterocycles. The predicted octanol–water partition coefficient (Wildman–Crippen LogP) is 1.62. The maximum absolute atomic E-state index is 5.15. The van der Waals surface area contributed by atoms with Crippen LogP contribution in [-0.4, -0.2) is 54.1 Å². The monoisotopic (exact) mass is 249 g/mol. The van der Waals surface area contributed by atoms with Gasteiger partial charge in [-0.1, -0.05) is 0 Å². The van der Waals surface area contributed by atoms with Gasteiger partial charge in [-0.05, 0) is 25.5 Å². The van der Waals surface area contributed by atoms with Crippen LogP contribution in [-0.2, 0) is 6.54 Å². The Morgan fingerprint density at radius 1 is 1.28 bits per heavy atom. The zero-order valence-electron chi connectivity index (χ0n) is 11.6. The zero-order chi connectivity index (χ0) is 13.0. The zero-order valence-corrected chi connectivity index (χ0v) is 11.6. The van der Waals surface area contributed by atoms with Crippen LogP contribution in [0.1, 0.15) is 19.4 Å². The summed E-state index contributed by atoms with van der Waals surface area (Å²) in [5.41, 5.74) is 1.28. The number of hydrogen-bond donors (Lipinski definition) is 0. The largest absolute Gasteiger partial charge is 0.481 e. The number of ether oxygens (including phenoxy) is 1. The average Bonchev–Trinajstić information content (AvgIpc) is 2.39. The topological polar surface area (TPSA) is 28.6 Å². The van der Waals surface area contributed by atoms with Gasteiger partial charge in [-0.15, -0.1) is 0 Å². The SMILES string of the molecule is COc1cc(CN2CCN(C(C)C)CC2)ccn1. The highest BCUT2D eigenvalue weighted by Gasteiger charge is 2.18. The lowest BCUT2D eigenvalue weighted by Gasteiger charge is -2.36. The molecule has 0 amide bonds. The van der Waals surface area contributed by atoms with Crippen molar-refractivity contribution in [2.75, 3.05) is 33.3 Å². The van der Waals surface area contributed by atoms with E-state index in [-0.39, 0.29) is 0 Å². The van der Waals surface area contributed by atoms with Gasteiger partial charge in [0, 0.05) is 51.0 Å². The van der Waals surface area contributed by atoms with Crippen LogP contribution < -0.4 is 4.74 Å². The lowest BCUT2D eigenvalue weighted by molar-refractivity contribution is 0.104. The van der Waals surface area contributed by atoms with E-state index in [2.05, 4.69) is 34.7 Å². The molecule has 18 heavy (non-hydrogen) atoms. The van der Waals surface area contributed by atoms with Gasteiger partial charge in [0.15, 0.2) is 0 Å². The Bertz CT molecular complexity index is 373. The molecule has 0 bridgehead atoms. The molecule has 0 atom stereocenters. The Hall–Kier alpha value is -1.13.